The summed E-state index contributed by atoms with van der Waals surface area (Å²) in [7, 11) is 1.71. The molecule has 0 N–H and O–H groups in total. The minimum absolute atomic E-state index is 0.0146. The van der Waals surface area contributed by atoms with Gasteiger partial charge in [0.25, 0.3) is 0 Å². The molecule has 7 heteroatoms. The number of hydrogen-bond acceptors (Lipinski definition) is 4. The molecule has 2 amide bonds. The Kier molecular flexibility index (Phi) is 3.57. The Bertz CT molecular complexity index is 518. The quantitative estimate of drug-likeness (QED) is 0.754. The van der Waals surface area contributed by atoms with Crippen molar-refractivity contribution in [2.45, 2.75) is 26.4 Å². The molecule has 108 valence electrons. The van der Waals surface area contributed by atoms with Crippen LogP contribution in [0.15, 0.2) is 0 Å². The summed E-state index contributed by atoms with van der Waals surface area (Å²) in [6, 6.07) is 2.79. The zero-order valence-electron chi connectivity index (χ0n) is 12.1. The number of rotatable bonds is 1. The lowest BCUT2D eigenvalue weighted by atomic mass is 10.2. The highest BCUT2D eigenvalue weighted by atomic mass is 16.6. The summed E-state index contributed by atoms with van der Waals surface area (Å²) in [6.45, 7) is 6.15. The van der Waals surface area contributed by atoms with Crippen LogP contribution in [0.2, 0.25) is 0 Å². The molecule has 7 nitrogen and oxygen atoms in total. The van der Waals surface area contributed by atoms with E-state index in [9.17, 15) is 9.59 Å². The summed E-state index contributed by atoms with van der Waals surface area (Å²) in [4.78, 5) is 26.9. The maximum absolute atomic E-state index is 12.1. The van der Waals surface area contributed by atoms with E-state index in [1.54, 1.807) is 27.8 Å². The van der Waals surface area contributed by atoms with E-state index in [4.69, 9.17) is 4.74 Å². The van der Waals surface area contributed by atoms with Gasteiger partial charge in [0.1, 0.15) is 12.1 Å². The maximum Gasteiger partial charge on any atom is 0.410 e. The summed E-state index contributed by atoms with van der Waals surface area (Å²) < 4.78 is 6.71. The number of amides is 2. The van der Waals surface area contributed by atoms with E-state index in [0.29, 0.717) is 18.9 Å². The van der Waals surface area contributed by atoms with Crippen molar-refractivity contribution in [3.05, 3.63) is 12.3 Å². The van der Waals surface area contributed by atoms with Crippen molar-refractivity contribution in [3.63, 3.8) is 0 Å². The number of aromatic nitrogens is 2. The Hall–Kier alpha value is -2.23. The van der Waals surface area contributed by atoms with Crippen molar-refractivity contribution >= 4 is 17.8 Å². The minimum atomic E-state index is -0.568. The standard InChI is InChI=1S/C13H18N4O3/c1-13(2,3)20-12(19)16-7-8-17(11(18)9-16)10-5-6-15(4)14-10/h7-9H2,1-4H3. The zero-order chi connectivity index (χ0) is 14.9. The van der Waals surface area contributed by atoms with E-state index in [0.717, 1.165) is 0 Å². The number of anilines is 1. The molecule has 0 atom stereocenters. The van der Waals surface area contributed by atoms with Crippen LogP contribution in [0.5, 0.6) is 0 Å². The van der Waals surface area contributed by atoms with Gasteiger partial charge in [0.15, 0.2) is 0 Å². The molecule has 0 aliphatic carbocycles. The molecule has 2 rings (SSSR count). The molecule has 1 saturated heterocycles. The summed E-state index contributed by atoms with van der Waals surface area (Å²) in [6.07, 6.45) is 2.26. The van der Waals surface area contributed by atoms with Gasteiger partial charge in [0.05, 0.1) is 0 Å². The Morgan fingerprint density at radius 1 is 1.35 bits per heavy atom. The van der Waals surface area contributed by atoms with E-state index in [1.165, 1.54) is 14.5 Å². The molecule has 0 radical (unpaired) electrons. The monoisotopic (exact) mass is 278 g/mol. The number of ether oxygens (including phenoxy) is 1. The van der Waals surface area contributed by atoms with E-state index in [2.05, 4.69) is 17.4 Å². The van der Waals surface area contributed by atoms with Crippen LogP contribution in [0.25, 0.3) is 0 Å². The topological polar surface area (TPSA) is 67.7 Å². The van der Waals surface area contributed by atoms with Crippen LogP contribution >= 0.6 is 0 Å². The zero-order valence-corrected chi connectivity index (χ0v) is 12.1. The summed E-state index contributed by atoms with van der Waals surface area (Å²) >= 11 is 0. The van der Waals surface area contributed by atoms with Gasteiger partial charge in [-0.1, -0.05) is 0 Å². The third kappa shape index (κ3) is 3.20. The molecule has 1 aromatic heterocycles. The van der Waals surface area contributed by atoms with Gasteiger partial charge in [0.2, 0.25) is 11.7 Å². The first kappa shape index (κ1) is 14.2. The average Bonchev–Trinajstić information content (AvgIpc) is 2.73. The highest BCUT2D eigenvalue weighted by molar-refractivity contribution is 5.96. The largest absolute Gasteiger partial charge is 0.444 e. The van der Waals surface area contributed by atoms with Crippen molar-refractivity contribution < 1.29 is 14.3 Å². The van der Waals surface area contributed by atoms with Crippen molar-refractivity contribution in [1.82, 2.24) is 14.7 Å². The highest BCUT2D eigenvalue weighted by Gasteiger charge is 2.31. The molecule has 0 saturated carbocycles. The number of carbonyl (C=O) groups is 2. The second kappa shape index (κ2) is 5.04. The molecule has 2 heterocycles. The van der Waals surface area contributed by atoms with E-state index in [-0.39, 0.29) is 12.5 Å². The number of piperazine rings is 1. The molecule has 0 aromatic carbocycles. The number of nitrogens with zero attached hydrogens (tertiary/aromatic N) is 4. The van der Waals surface area contributed by atoms with Crippen LogP contribution in [0.1, 0.15) is 20.8 Å². The van der Waals surface area contributed by atoms with Crippen molar-refractivity contribution in [2.24, 2.45) is 7.05 Å². The Morgan fingerprint density at radius 3 is 2.55 bits per heavy atom. The van der Waals surface area contributed by atoms with Gasteiger partial charge in [-0.3, -0.25) is 14.6 Å². The summed E-state index contributed by atoms with van der Waals surface area (Å²) in [5, 5.41) is 4.09. The van der Waals surface area contributed by atoms with Crippen molar-refractivity contribution in [2.75, 3.05) is 24.5 Å². The Labute approximate surface area is 118 Å². The summed E-state index contributed by atoms with van der Waals surface area (Å²) in [5.41, 5.74) is -0.568. The van der Waals surface area contributed by atoms with Gasteiger partial charge < -0.3 is 4.74 Å². The van der Waals surface area contributed by atoms with Crippen LogP contribution in [0.3, 0.4) is 0 Å². The first-order chi connectivity index (χ1) is 9.26. The normalized spacial score (nSPS) is 16.1. The predicted molar refractivity (Wildman–Crippen MR) is 71.0 cm³/mol. The van der Waals surface area contributed by atoms with Crippen LogP contribution in [0, 0.1) is 12.3 Å². The van der Waals surface area contributed by atoms with Gasteiger partial charge >= 0.3 is 6.09 Å². The van der Waals surface area contributed by atoms with Gasteiger partial charge in [-0.2, -0.15) is 0 Å². The Morgan fingerprint density at radius 2 is 2.05 bits per heavy atom. The molecule has 1 aliphatic heterocycles. The molecule has 1 fully saturated rings. The van der Waals surface area contributed by atoms with Crippen LogP contribution in [-0.4, -0.2) is 51.9 Å². The van der Waals surface area contributed by atoms with E-state index < -0.39 is 11.7 Å². The van der Waals surface area contributed by atoms with Crippen LogP contribution in [0.4, 0.5) is 10.6 Å². The third-order valence-corrected chi connectivity index (χ3v) is 2.70. The SMILES string of the molecule is Cn1c#cc(N2CCN(C(=O)OC(C)(C)C)CC2=O)n1. The highest BCUT2D eigenvalue weighted by Crippen LogP contribution is 2.15. The fraction of sp³-hybridized carbons (Fsp3) is 0.615. The van der Waals surface area contributed by atoms with E-state index in [1.807, 2.05) is 0 Å². The Balaban J connectivity index is 1.99. The first-order valence-corrected chi connectivity index (χ1v) is 6.38. The molecule has 20 heavy (non-hydrogen) atoms. The van der Waals surface area contributed by atoms with Crippen LogP contribution < -0.4 is 4.90 Å². The second-order valence-corrected chi connectivity index (χ2v) is 5.63. The lowest BCUT2D eigenvalue weighted by Gasteiger charge is -2.33. The fourth-order valence-corrected chi connectivity index (χ4v) is 1.82. The molecular formula is C13H18N4O3. The second-order valence-electron chi connectivity index (χ2n) is 5.63. The summed E-state index contributed by atoms with van der Waals surface area (Å²) in [5.74, 6) is 0.229. The third-order valence-electron chi connectivity index (χ3n) is 2.70. The lowest BCUT2D eigenvalue weighted by Crippen LogP contribution is -2.53. The molecular weight excluding hydrogens is 260 g/mol. The molecule has 0 bridgehead atoms. The smallest absolute Gasteiger partial charge is 0.410 e. The molecule has 1 aliphatic rings. The van der Waals surface area contributed by atoms with Gasteiger partial charge in [0, 0.05) is 26.3 Å². The first-order valence-electron chi connectivity index (χ1n) is 6.38. The van der Waals surface area contributed by atoms with Gasteiger partial charge in [-0.25, -0.2) is 9.48 Å². The number of hydrogen-bond donors (Lipinski definition) is 0. The number of carbonyl (C=O) groups excluding carboxylic acids is 2. The van der Waals surface area contributed by atoms with Gasteiger partial charge in [-0.15, -0.1) is 5.10 Å². The van der Waals surface area contributed by atoms with E-state index >= 15 is 0 Å². The molecule has 0 spiro atoms. The molecule has 1 aromatic rings. The van der Waals surface area contributed by atoms with Crippen molar-refractivity contribution in [3.8, 4) is 0 Å². The minimum Gasteiger partial charge on any atom is -0.444 e. The van der Waals surface area contributed by atoms with Crippen molar-refractivity contribution in [1.29, 1.82) is 0 Å². The van der Waals surface area contributed by atoms with Gasteiger partial charge in [-0.05, 0) is 26.8 Å². The average molecular weight is 278 g/mol. The molecule has 0 unspecified atom stereocenters. The fourth-order valence-electron chi connectivity index (χ4n) is 1.82. The lowest BCUT2D eigenvalue weighted by molar-refractivity contribution is -0.121. The number of aryl methyl sites for hydroxylation is 1. The predicted octanol–water partition coefficient (Wildman–Crippen LogP) is 0.604. The van der Waals surface area contributed by atoms with Crippen LogP contribution in [-0.2, 0) is 16.6 Å². The maximum atomic E-state index is 12.1.